The van der Waals surface area contributed by atoms with E-state index in [4.69, 9.17) is 0 Å². The molecule has 1 amide bonds. The molecule has 2 rings (SSSR count). The zero-order valence-corrected chi connectivity index (χ0v) is 11.5. The number of nitrogens with one attached hydrogen (secondary N) is 1. The van der Waals surface area contributed by atoms with Gasteiger partial charge in [0, 0.05) is 29.9 Å². The molecule has 0 saturated carbocycles. The van der Waals surface area contributed by atoms with Crippen LogP contribution in [0.25, 0.3) is 5.57 Å². The van der Waals surface area contributed by atoms with Gasteiger partial charge in [-0.1, -0.05) is 6.92 Å². The minimum atomic E-state index is -0.0530. The number of allylic oxidation sites excluding steroid dienone is 3. The summed E-state index contributed by atoms with van der Waals surface area (Å²) < 4.78 is 0. The standard InChI is InChI=1S/C13H16N2O3S/c1-2-3-12(18)15-13-14-10(7-19-13)9-5-4-8(16)6-11(9)17/h6-7,16-17H,2-5H2,1H3,(H,14,15,18). The highest BCUT2D eigenvalue weighted by Gasteiger charge is 2.17. The van der Waals surface area contributed by atoms with E-state index >= 15 is 0 Å². The molecule has 0 spiro atoms. The molecule has 1 heterocycles. The Morgan fingerprint density at radius 2 is 2.26 bits per heavy atom. The highest BCUT2D eigenvalue weighted by atomic mass is 32.1. The minimum absolute atomic E-state index is 0.0421. The van der Waals surface area contributed by atoms with Crippen LogP contribution in [-0.4, -0.2) is 21.1 Å². The summed E-state index contributed by atoms with van der Waals surface area (Å²) in [6.45, 7) is 1.94. The summed E-state index contributed by atoms with van der Waals surface area (Å²) in [7, 11) is 0. The topological polar surface area (TPSA) is 82.5 Å². The van der Waals surface area contributed by atoms with Gasteiger partial charge in [-0.3, -0.25) is 4.79 Å². The second-order valence-corrected chi connectivity index (χ2v) is 5.19. The van der Waals surface area contributed by atoms with Crippen molar-refractivity contribution in [3.8, 4) is 0 Å². The van der Waals surface area contributed by atoms with E-state index < -0.39 is 0 Å². The van der Waals surface area contributed by atoms with Crippen LogP contribution in [0.3, 0.4) is 0 Å². The molecule has 0 unspecified atom stereocenters. The van der Waals surface area contributed by atoms with Crippen LogP contribution in [0.5, 0.6) is 0 Å². The van der Waals surface area contributed by atoms with Crippen molar-refractivity contribution in [2.24, 2.45) is 0 Å². The third-order valence-corrected chi connectivity index (χ3v) is 3.54. The molecule has 0 saturated heterocycles. The van der Waals surface area contributed by atoms with Crippen molar-refractivity contribution >= 4 is 27.9 Å². The van der Waals surface area contributed by atoms with Gasteiger partial charge in [0.1, 0.15) is 5.76 Å². The molecular formula is C13H16N2O3S. The van der Waals surface area contributed by atoms with Crippen molar-refractivity contribution in [2.45, 2.75) is 32.6 Å². The van der Waals surface area contributed by atoms with E-state index in [0.717, 1.165) is 6.42 Å². The molecule has 0 atom stereocenters. The molecule has 1 aromatic rings. The lowest BCUT2D eigenvalue weighted by atomic mass is 10.0. The molecule has 0 bridgehead atoms. The molecule has 1 aliphatic rings. The van der Waals surface area contributed by atoms with Gasteiger partial charge in [0.2, 0.25) is 5.91 Å². The summed E-state index contributed by atoms with van der Waals surface area (Å²) >= 11 is 1.33. The molecule has 0 aliphatic heterocycles. The molecule has 0 aromatic carbocycles. The second-order valence-electron chi connectivity index (χ2n) is 4.34. The third-order valence-electron chi connectivity index (χ3n) is 2.78. The van der Waals surface area contributed by atoms with Gasteiger partial charge in [0.15, 0.2) is 5.13 Å². The van der Waals surface area contributed by atoms with Gasteiger partial charge in [0.25, 0.3) is 0 Å². The number of carbonyl (C=O) groups excluding carboxylic acids is 1. The first kappa shape index (κ1) is 13.6. The molecule has 19 heavy (non-hydrogen) atoms. The summed E-state index contributed by atoms with van der Waals surface area (Å²) in [4.78, 5) is 15.7. The fraction of sp³-hybridized carbons (Fsp3) is 0.385. The number of aliphatic hydroxyl groups is 2. The van der Waals surface area contributed by atoms with Crippen LogP contribution in [0.2, 0.25) is 0 Å². The van der Waals surface area contributed by atoms with Crippen molar-refractivity contribution in [1.82, 2.24) is 4.98 Å². The Balaban J connectivity index is 2.13. The predicted molar refractivity (Wildman–Crippen MR) is 75.1 cm³/mol. The van der Waals surface area contributed by atoms with Gasteiger partial charge in [-0.15, -0.1) is 11.3 Å². The molecular weight excluding hydrogens is 264 g/mol. The van der Waals surface area contributed by atoms with E-state index in [9.17, 15) is 15.0 Å². The lowest BCUT2D eigenvalue weighted by Gasteiger charge is -2.11. The van der Waals surface area contributed by atoms with E-state index in [1.54, 1.807) is 5.38 Å². The molecule has 3 N–H and O–H groups in total. The van der Waals surface area contributed by atoms with Crippen molar-refractivity contribution in [2.75, 3.05) is 5.32 Å². The minimum Gasteiger partial charge on any atom is -0.512 e. The first-order chi connectivity index (χ1) is 9.10. The smallest absolute Gasteiger partial charge is 0.226 e. The highest BCUT2D eigenvalue weighted by molar-refractivity contribution is 7.14. The van der Waals surface area contributed by atoms with E-state index in [1.807, 2.05) is 6.92 Å². The van der Waals surface area contributed by atoms with Crippen molar-refractivity contribution in [3.63, 3.8) is 0 Å². The Hall–Kier alpha value is -1.82. The van der Waals surface area contributed by atoms with Crippen molar-refractivity contribution < 1.29 is 15.0 Å². The van der Waals surface area contributed by atoms with Gasteiger partial charge in [-0.2, -0.15) is 0 Å². The number of nitrogens with zero attached hydrogens (tertiary/aromatic N) is 1. The molecule has 0 radical (unpaired) electrons. The Kier molecular flexibility index (Phi) is 4.21. The Bertz CT molecular complexity index is 546. The number of carbonyl (C=O) groups is 1. The van der Waals surface area contributed by atoms with Gasteiger partial charge >= 0.3 is 0 Å². The first-order valence-electron chi connectivity index (χ1n) is 6.17. The van der Waals surface area contributed by atoms with Crippen LogP contribution >= 0.6 is 11.3 Å². The average molecular weight is 280 g/mol. The normalized spacial score (nSPS) is 15.3. The lowest BCUT2D eigenvalue weighted by Crippen LogP contribution is -2.10. The number of aromatic nitrogens is 1. The number of hydrogen-bond acceptors (Lipinski definition) is 5. The quantitative estimate of drug-likeness (QED) is 0.789. The van der Waals surface area contributed by atoms with Gasteiger partial charge < -0.3 is 15.5 Å². The zero-order valence-electron chi connectivity index (χ0n) is 10.6. The summed E-state index contributed by atoms with van der Waals surface area (Å²) in [5, 5.41) is 24.2. The Labute approximate surface area is 115 Å². The molecule has 102 valence electrons. The van der Waals surface area contributed by atoms with Crippen LogP contribution in [0.1, 0.15) is 38.3 Å². The van der Waals surface area contributed by atoms with E-state index in [0.29, 0.717) is 35.7 Å². The van der Waals surface area contributed by atoms with E-state index in [2.05, 4.69) is 10.3 Å². The maximum atomic E-state index is 11.5. The first-order valence-corrected chi connectivity index (χ1v) is 7.05. The maximum Gasteiger partial charge on any atom is 0.226 e. The van der Waals surface area contributed by atoms with Crippen LogP contribution in [0.15, 0.2) is 23.0 Å². The molecule has 6 heteroatoms. The molecule has 1 aromatic heterocycles. The fourth-order valence-corrected chi connectivity index (χ4v) is 2.58. The van der Waals surface area contributed by atoms with Crippen LogP contribution in [-0.2, 0) is 4.79 Å². The number of thiazole rings is 1. The molecule has 1 aliphatic carbocycles. The number of aliphatic hydroxyl groups excluding tert-OH is 2. The molecule has 5 nitrogen and oxygen atoms in total. The Morgan fingerprint density at radius 3 is 2.95 bits per heavy atom. The Morgan fingerprint density at radius 1 is 1.47 bits per heavy atom. The number of amides is 1. The largest absolute Gasteiger partial charge is 0.512 e. The fourth-order valence-electron chi connectivity index (χ4n) is 1.84. The van der Waals surface area contributed by atoms with Crippen LogP contribution in [0, 0.1) is 0 Å². The highest BCUT2D eigenvalue weighted by Crippen LogP contribution is 2.31. The summed E-state index contributed by atoms with van der Waals surface area (Å²) in [5.41, 5.74) is 1.35. The summed E-state index contributed by atoms with van der Waals surface area (Å²) in [6.07, 6.45) is 3.64. The number of anilines is 1. The van der Waals surface area contributed by atoms with Gasteiger partial charge in [0.05, 0.1) is 11.5 Å². The van der Waals surface area contributed by atoms with Crippen LogP contribution in [0.4, 0.5) is 5.13 Å². The average Bonchev–Trinajstić information content (AvgIpc) is 2.77. The lowest BCUT2D eigenvalue weighted by molar-refractivity contribution is -0.116. The van der Waals surface area contributed by atoms with Crippen molar-refractivity contribution in [1.29, 1.82) is 0 Å². The second kappa shape index (κ2) is 5.88. The monoisotopic (exact) mass is 280 g/mol. The van der Waals surface area contributed by atoms with Crippen LogP contribution < -0.4 is 5.32 Å². The summed E-state index contributed by atoms with van der Waals surface area (Å²) in [5.74, 6) is 0.163. The van der Waals surface area contributed by atoms with Gasteiger partial charge in [-0.25, -0.2) is 4.98 Å². The maximum absolute atomic E-state index is 11.5. The van der Waals surface area contributed by atoms with E-state index in [1.165, 1.54) is 17.4 Å². The summed E-state index contributed by atoms with van der Waals surface area (Å²) in [6, 6.07) is 0. The molecule has 0 fully saturated rings. The predicted octanol–water partition coefficient (Wildman–Crippen LogP) is 3.39. The SMILES string of the molecule is CCCC(=O)Nc1nc(C2=C(O)C=C(O)CC2)cs1. The van der Waals surface area contributed by atoms with Gasteiger partial charge in [-0.05, 0) is 12.8 Å². The number of hydrogen-bond donors (Lipinski definition) is 3. The van der Waals surface area contributed by atoms with E-state index in [-0.39, 0.29) is 17.4 Å². The van der Waals surface area contributed by atoms with Crippen molar-refractivity contribution in [3.05, 3.63) is 28.7 Å². The zero-order chi connectivity index (χ0) is 13.8. The third kappa shape index (κ3) is 3.35. The number of rotatable bonds is 4.